The average molecular weight is 366 g/mol. The molecule has 1 saturated heterocycles. The number of hydrogen-bond acceptors (Lipinski definition) is 3. The molecule has 2 aliphatic rings. The summed E-state index contributed by atoms with van der Waals surface area (Å²) in [5.74, 6) is 0.0688. The summed E-state index contributed by atoms with van der Waals surface area (Å²) in [6.45, 7) is 4.26. The van der Waals surface area contributed by atoms with E-state index in [9.17, 15) is 18.0 Å². The fourth-order valence-corrected chi connectivity index (χ4v) is 3.57. The largest absolute Gasteiger partial charge is 0.433 e. The maximum absolute atomic E-state index is 13.5. The van der Waals surface area contributed by atoms with E-state index in [1.807, 2.05) is 13.8 Å². The quantitative estimate of drug-likeness (QED) is 0.827. The zero-order chi connectivity index (χ0) is 18.6. The normalized spacial score (nSPS) is 21.2. The highest BCUT2D eigenvalue weighted by Crippen LogP contribution is 2.39. The van der Waals surface area contributed by atoms with Crippen molar-refractivity contribution in [1.29, 1.82) is 0 Å². The van der Waals surface area contributed by atoms with Crippen LogP contribution in [0.5, 0.6) is 0 Å². The molecular weight excluding hydrogens is 345 g/mol. The van der Waals surface area contributed by atoms with Crippen LogP contribution in [0.3, 0.4) is 0 Å². The third kappa shape index (κ3) is 2.95. The van der Waals surface area contributed by atoms with Gasteiger partial charge in [-0.15, -0.1) is 0 Å². The van der Waals surface area contributed by atoms with Gasteiger partial charge in [0.15, 0.2) is 5.65 Å². The Balaban J connectivity index is 1.78. The summed E-state index contributed by atoms with van der Waals surface area (Å²) in [7, 11) is 0. The Morgan fingerprint density at radius 3 is 2.58 bits per heavy atom. The van der Waals surface area contributed by atoms with Crippen molar-refractivity contribution in [2.45, 2.75) is 57.7 Å². The Morgan fingerprint density at radius 2 is 1.96 bits per heavy atom. The molecular formula is C18H21F3N4O. The number of halogens is 3. The number of nitrogens with zero attached hydrogens (tertiary/aromatic N) is 4. The van der Waals surface area contributed by atoms with Crippen molar-refractivity contribution in [2.24, 2.45) is 5.92 Å². The fraction of sp³-hybridized carbons (Fsp3) is 0.611. The van der Waals surface area contributed by atoms with Gasteiger partial charge in [-0.3, -0.25) is 4.79 Å². The van der Waals surface area contributed by atoms with Gasteiger partial charge in [-0.1, -0.05) is 13.8 Å². The van der Waals surface area contributed by atoms with Crippen LogP contribution >= 0.6 is 0 Å². The highest BCUT2D eigenvalue weighted by atomic mass is 19.4. The molecule has 1 aliphatic heterocycles. The van der Waals surface area contributed by atoms with E-state index < -0.39 is 11.9 Å². The number of alkyl halides is 3. The van der Waals surface area contributed by atoms with Gasteiger partial charge in [0, 0.05) is 24.2 Å². The van der Waals surface area contributed by atoms with Gasteiger partial charge in [-0.2, -0.15) is 18.3 Å². The highest BCUT2D eigenvalue weighted by molar-refractivity contribution is 5.81. The lowest BCUT2D eigenvalue weighted by molar-refractivity contribution is -0.143. The van der Waals surface area contributed by atoms with Gasteiger partial charge in [-0.25, -0.2) is 9.50 Å². The first-order chi connectivity index (χ1) is 12.3. The fourth-order valence-electron chi connectivity index (χ4n) is 3.57. The summed E-state index contributed by atoms with van der Waals surface area (Å²) in [6.07, 6.45) is -1.14. The van der Waals surface area contributed by atoms with Crippen molar-refractivity contribution in [1.82, 2.24) is 19.5 Å². The number of aromatic nitrogens is 3. The van der Waals surface area contributed by atoms with Gasteiger partial charge in [0.05, 0.1) is 11.7 Å². The Hall–Kier alpha value is -2.12. The van der Waals surface area contributed by atoms with Gasteiger partial charge < -0.3 is 4.90 Å². The van der Waals surface area contributed by atoms with Crippen molar-refractivity contribution < 1.29 is 18.0 Å². The molecule has 0 radical (unpaired) electrons. The highest BCUT2D eigenvalue weighted by Gasteiger charge is 2.40. The average Bonchev–Trinajstić information content (AvgIpc) is 3.15. The summed E-state index contributed by atoms with van der Waals surface area (Å²) in [4.78, 5) is 18.6. The van der Waals surface area contributed by atoms with Crippen molar-refractivity contribution in [3.63, 3.8) is 0 Å². The second-order valence-electron chi connectivity index (χ2n) is 7.52. The van der Waals surface area contributed by atoms with E-state index in [4.69, 9.17) is 0 Å². The van der Waals surface area contributed by atoms with Gasteiger partial charge in [-0.05, 0) is 37.7 Å². The molecule has 1 saturated carbocycles. The summed E-state index contributed by atoms with van der Waals surface area (Å²) in [5.41, 5.74) is 0.240. The van der Waals surface area contributed by atoms with Crippen molar-refractivity contribution in [3.05, 3.63) is 29.2 Å². The third-order valence-electron chi connectivity index (χ3n) is 5.15. The summed E-state index contributed by atoms with van der Waals surface area (Å²) < 4.78 is 41.4. The van der Waals surface area contributed by atoms with Gasteiger partial charge in [0.2, 0.25) is 5.91 Å². The molecule has 26 heavy (non-hydrogen) atoms. The maximum Gasteiger partial charge on any atom is 0.433 e. The van der Waals surface area contributed by atoms with Crippen LogP contribution in [0.25, 0.3) is 5.65 Å². The summed E-state index contributed by atoms with van der Waals surface area (Å²) in [6, 6.07) is 2.41. The topological polar surface area (TPSA) is 50.5 Å². The molecule has 4 rings (SSSR count). The molecule has 2 fully saturated rings. The Morgan fingerprint density at radius 1 is 1.23 bits per heavy atom. The zero-order valence-electron chi connectivity index (χ0n) is 14.8. The number of rotatable bonds is 3. The van der Waals surface area contributed by atoms with Crippen molar-refractivity contribution >= 4 is 11.6 Å². The van der Waals surface area contributed by atoms with Crippen LogP contribution in [0.1, 0.15) is 68.6 Å². The molecule has 1 aliphatic carbocycles. The number of likely N-dealkylation sites (tertiary alicyclic amines) is 1. The number of carbonyl (C=O) groups is 1. The standard InChI is InChI=1S/C18H21F3N4O/c1-10(2)12-8-15(18(19,20)21)25-16(22-12)9-13(23-25)14-4-3-7-24(14)17(26)11-5-6-11/h8-11,14H,3-7H2,1-2H3/t14-/m0/s1. The number of carbonyl (C=O) groups excluding carboxylic acids is 1. The second-order valence-corrected chi connectivity index (χ2v) is 7.52. The number of hydrogen-bond donors (Lipinski definition) is 0. The second kappa shape index (κ2) is 5.96. The molecule has 3 heterocycles. The smallest absolute Gasteiger partial charge is 0.334 e. The molecule has 0 N–H and O–H groups in total. The SMILES string of the molecule is CC(C)c1cc(C(F)(F)F)n2nc([C@@H]3CCCN3C(=O)C3CC3)cc2n1. The van der Waals surface area contributed by atoms with Crippen LogP contribution < -0.4 is 0 Å². The van der Waals surface area contributed by atoms with E-state index in [0.717, 1.165) is 36.3 Å². The van der Waals surface area contributed by atoms with Crippen LogP contribution in [-0.2, 0) is 11.0 Å². The molecule has 2 aromatic rings. The molecule has 1 atom stereocenters. The van der Waals surface area contributed by atoms with E-state index in [1.54, 1.807) is 11.0 Å². The first kappa shape index (κ1) is 17.3. The predicted molar refractivity (Wildman–Crippen MR) is 88.5 cm³/mol. The first-order valence-electron chi connectivity index (χ1n) is 9.04. The van der Waals surface area contributed by atoms with Crippen molar-refractivity contribution in [2.75, 3.05) is 6.54 Å². The lowest BCUT2D eigenvalue weighted by Gasteiger charge is -2.23. The Labute approximate surface area is 149 Å². The molecule has 0 aromatic carbocycles. The molecule has 5 nitrogen and oxygen atoms in total. The van der Waals surface area contributed by atoms with Crippen LogP contribution in [0, 0.1) is 5.92 Å². The molecule has 8 heteroatoms. The Kier molecular flexibility index (Phi) is 3.96. The predicted octanol–water partition coefficient (Wildman–Crippen LogP) is 3.95. The van der Waals surface area contributed by atoms with Gasteiger partial charge >= 0.3 is 6.18 Å². The van der Waals surface area contributed by atoms with Gasteiger partial charge in [0.25, 0.3) is 0 Å². The molecule has 0 bridgehead atoms. The first-order valence-corrected chi connectivity index (χ1v) is 9.04. The van der Waals surface area contributed by atoms with Crippen molar-refractivity contribution in [3.8, 4) is 0 Å². The molecule has 0 spiro atoms. The van der Waals surface area contributed by atoms with Crippen LogP contribution in [-0.4, -0.2) is 31.9 Å². The van der Waals surface area contributed by atoms with E-state index in [-0.39, 0.29) is 29.4 Å². The molecule has 0 unspecified atom stereocenters. The maximum atomic E-state index is 13.5. The Bertz CT molecular complexity index is 854. The van der Waals surface area contributed by atoms with E-state index in [0.29, 0.717) is 17.9 Å². The molecule has 2 aromatic heterocycles. The van der Waals surface area contributed by atoms with Crippen LogP contribution in [0.4, 0.5) is 13.2 Å². The number of amides is 1. The minimum absolute atomic E-state index is 0.0871. The van der Waals surface area contributed by atoms with E-state index in [2.05, 4.69) is 10.1 Å². The lowest BCUT2D eigenvalue weighted by Crippen LogP contribution is -2.31. The van der Waals surface area contributed by atoms with E-state index >= 15 is 0 Å². The summed E-state index contributed by atoms with van der Waals surface area (Å²) >= 11 is 0. The number of fused-ring (bicyclic) bond motifs is 1. The molecule has 1 amide bonds. The van der Waals surface area contributed by atoms with Crippen LogP contribution in [0.2, 0.25) is 0 Å². The lowest BCUT2D eigenvalue weighted by atomic mass is 10.1. The minimum atomic E-state index is -4.52. The molecule has 140 valence electrons. The van der Waals surface area contributed by atoms with Gasteiger partial charge in [0.1, 0.15) is 5.69 Å². The van der Waals surface area contributed by atoms with E-state index in [1.165, 1.54) is 0 Å². The monoisotopic (exact) mass is 366 g/mol. The zero-order valence-corrected chi connectivity index (χ0v) is 14.8. The minimum Gasteiger partial charge on any atom is -0.334 e. The summed E-state index contributed by atoms with van der Waals surface area (Å²) in [5, 5.41) is 4.21. The van der Waals surface area contributed by atoms with Crippen LogP contribution in [0.15, 0.2) is 12.1 Å². The third-order valence-corrected chi connectivity index (χ3v) is 5.15.